The molecule has 2 rings (SSSR count). The Bertz CT molecular complexity index is 456. The van der Waals surface area contributed by atoms with Crippen LogP contribution in [0.2, 0.25) is 0 Å². The maximum absolute atomic E-state index is 13.8. The predicted octanol–water partition coefficient (Wildman–Crippen LogP) is 1.51. The number of carbonyl (C=O) groups excluding carboxylic acids is 1. The summed E-state index contributed by atoms with van der Waals surface area (Å²) in [6, 6.07) is 5.37. The first kappa shape index (κ1) is 13.8. The molecule has 1 amide bonds. The number of rotatable bonds is 3. The molecule has 104 valence electrons. The van der Waals surface area contributed by atoms with E-state index in [4.69, 9.17) is 5.73 Å². The maximum atomic E-state index is 13.8. The number of piperidine rings is 1. The van der Waals surface area contributed by atoms with Crippen LogP contribution in [0.4, 0.5) is 10.1 Å². The number of amides is 1. The van der Waals surface area contributed by atoms with Gasteiger partial charge in [0.2, 0.25) is 5.91 Å². The van der Waals surface area contributed by atoms with Crippen molar-refractivity contribution in [1.29, 1.82) is 0 Å². The Kier molecular flexibility index (Phi) is 4.37. The van der Waals surface area contributed by atoms with Crippen LogP contribution in [0.5, 0.6) is 0 Å². The van der Waals surface area contributed by atoms with E-state index in [9.17, 15) is 9.18 Å². The zero-order valence-electron chi connectivity index (χ0n) is 11.2. The van der Waals surface area contributed by atoms with E-state index in [2.05, 4.69) is 10.2 Å². The highest BCUT2D eigenvalue weighted by molar-refractivity contribution is 5.73. The zero-order chi connectivity index (χ0) is 13.8. The van der Waals surface area contributed by atoms with Crippen molar-refractivity contribution in [2.45, 2.75) is 32.4 Å². The number of nitrogens with two attached hydrogens (primary N) is 1. The molecule has 1 fully saturated rings. The Labute approximate surface area is 112 Å². The first-order valence-corrected chi connectivity index (χ1v) is 6.58. The fraction of sp³-hybridized carbons (Fsp3) is 0.500. The molecule has 1 aromatic rings. The number of halogens is 1. The first-order valence-electron chi connectivity index (χ1n) is 6.58. The van der Waals surface area contributed by atoms with Crippen LogP contribution in [-0.4, -0.2) is 29.9 Å². The Hall–Kier alpha value is -1.62. The molecular formula is C14H20FN3O. The molecule has 0 aliphatic carbocycles. The maximum Gasteiger partial charge on any atom is 0.217 e. The summed E-state index contributed by atoms with van der Waals surface area (Å²) in [5, 5.41) is 2.93. The molecule has 1 aromatic carbocycles. The van der Waals surface area contributed by atoms with Gasteiger partial charge in [-0.25, -0.2) is 4.39 Å². The molecule has 0 aromatic heterocycles. The molecule has 5 heteroatoms. The summed E-state index contributed by atoms with van der Waals surface area (Å²) in [5.41, 5.74) is 6.40. The summed E-state index contributed by atoms with van der Waals surface area (Å²) in [6.07, 6.45) is 1.81. The van der Waals surface area contributed by atoms with Gasteiger partial charge in [0.15, 0.2) is 5.82 Å². The summed E-state index contributed by atoms with van der Waals surface area (Å²) < 4.78 is 13.8. The van der Waals surface area contributed by atoms with E-state index in [1.807, 2.05) is 0 Å². The molecular weight excluding hydrogens is 245 g/mol. The van der Waals surface area contributed by atoms with Gasteiger partial charge in [-0.1, -0.05) is 12.1 Å². The number of hydrogen-bond donors (Lipinski definition) is 2. The van der Waals surface area contributed by atoms with Crippen LogP contribution in [0, 0.1) is 5.82 Å². The number of carbonyl (C=O) groups is 1. The van der Waals surface area contributed by atoms with E-state index >= 15 is 0 Å². The molecule has 0 saturated carbocycles. The molecule has 0 unspecified atom stereocenters. The van der Waals surface area contributed by atoms with Gasteiger partial charge < -0.3 is 11.1 Å². The third kappa shape index (κ3) is 3.67. The van der Waals surface area contributed by atoms with Crippen LogP contribution in [0.15, 0.2) is 18.2 Å². The number of nitrogen functional groups attached to an aromatic ring is 1. The molecule has 0 atom stereocenters. The second-order valence-corrected chi connectivity index (χ2v) is 5.07. The Morgan fingerprint density at radius 2 is 2.16 bits per heavy atom. The quantitative estimate of drug-likeness (QED) is 0.814. The van der Waals surface area contributed by atoms with Crippen LogP contribution in [0.1, 0.15) is 25.3 Å². The Morgan fingerprint density at radius 3 is 2.79 bits per heavy atom. The van der Waals surface area contributed by atoms with Gasteiger partial charge in [0.25, 0.3) is 0 Å². The lowest BCUT2D eigenvalue weighted by Crippen LogP contribution is -2.43. The van der Waals surface area contributed by atoms with Gasteiger partial charge in [-0.3, -0.25) is 9.69 Å². The SMILES string of the molecule is CC(=O)NC1CCN(Cc2cccc(N)c2F)CC1. The highest BCUT2D eigenvalue weighted by Crippen LogP contribution is 2.19. The number of anilines is 1. The van der Waals surface area contributed by atoms with Crippen molar-refractivity contribution in [2.24, 2.45) is 0 Å². The average Bonchev–Trinajstić information content (AvgIpc) is 2.37. The number of nitrogens with zero attached hydrogens (tertiary/aromatic N) is 1. The molecule has 3 N–H and O–H groups in total. The highest BCUT2D eigenvalue weighted by atomic mass is 19.1. The van der Waals surface area contributed by atoms with Gasteiger partial charge in [0, 0.05) is 38.2 Å². The molecule has 0 spiro atoms. The number of hydrogen-bond acceptors (Lipinski definition) is 3. The summed E-state index contributed by atoms with van der Waals surface area (Å²) in [7, 11) is 0. The topological polar surface area (TPSA) is 58.4 Å². The number of nitrogens with one attached hydrogen (secondary N) is 1. The fourth-order valence-corrected chi connectivity index (χ4v) is 2.49. The minimum Gasteiger partial charge on any atom is -0.396 e. The minimum absolute atomic E-state index is 0.0142. The average molecular weight is 265 g/mol. The Balaban J connectivity index is 1.89. The molecule has 4 nitrogen and oxygen atoms in total. The zero-order valence-corrected chi connectivity index (χ0v) is 11.2. The molecule has 1 aliphatic rings. The smallest absolute Gasteiger partial charge is 0.217 e. The summed E-state index contributed by atoms with van der Waals surface area (Å²) >= 11 is 0. The van der Waals surface area contributed by atoms with Crippen molar-refractivity contribution in [2.75, 3.05) is 18.8 Å². The monoisotopic (exact) mass is 265 g/mol. The third-order valence-electron chi connectivity index (χ3n) is 3.50. The van der Waals surface area contributed by atoms with E-state index in [1.54, 1.807) is 18.2 Å². The summed E-state index contributed by atoms with van der Waals surface area (Å²) in [4.78, 5) is 13.2. The molecule has 0 radical (unpaired) electrons. The molecule has 19 heavy (non-hydrogen) atoms. The molecule has 1 aliphatic heterocycles. The van der Waals surface area contributed by atoms with Gasteiger partial charge in [0.05, 0.1) is 5.69 Å². The van der Waals surface area contributed by atoms with Crippen LogP contribution in [0.25, 0.3) is 0 Å². The van der Waals surface area contributed by atoms with Gasteiger partial charge in [-0.15, -0.1) is 0 Å². The van der Waals surface area contributed by atoms with Crippen LogP contribution in [-0.2, 0) is 11.3 Å². The lowest BCUT2D eigenvalue weighted by Gasteiger charge is -2.32. The van der Waals surface area contributed by atoms with Crippen molar-refractivity contribution < 1.29 is 9.18 Å². The van der Waals surface area contributed by atoms with Gasteiger partial charge >= 0.3 is 0 Å². The standard InChI is InChI=1S/C14H20FN3O/c1-10(19)17-12-5-7-18(8-6-12)9-11-3-2-4-13(16)14(11)15/h2-4,12H,5-9,16H2,1H3,(H,17,19). The second kappa shape index (κ2) is 6.02. The van der Waals surface area contributed by atoms with Crippen molar-refractivity contribution in [3.05, 3.63) is 29.6 Å². The molecule has 1 saturated heterocycles. The van der Waals surface area contributed by atoms with E-state index in [0.717, 1.165) is 25.9 Å². The highest BCUT2D eigenvalue weighted by Gasteiger charge is 2.20. The van der Waals surface area contributed by atoms with E-state index < -0.39 is 0 Å². The van der Waals surface area contributed by atoms with Crippen molar-refractivity contribution in [3.63, 3.8) is 0 Å². The van der Waals surface area contributed by atoms with Crippen LogP contribution in [0.3, 0.4) is 0 Å². The second-order valence-electron chi connectivity index (χ2n) is 5.07. The minimum atomic E-state index is -0.313. The predicted molar refractivity (Wildman–Crippen MR) is 72.9 cm³/mol. The van der Waals surface area contributed by atoms with Gasteiger partial charge in [-0.05, 0) is 18.9 Å². The van der Waals surface area contributed by atoms with E-state index in [1.165, 1.54) is 6.92 Å². The van der Waals surface area contributed by atoms with Gasteiger partial charge in [0.1, 0.15) is 0 Å². The lowest BCUT2D eigenvalue weighted by molar-refractivity contribution is -0.119. The van der Waals surface area contributed by atoms with Crippen molar-refractivity contribution in [1.82, 2.24) is 10.2 Å². The van der Waals surface area contributed by atoms with Gasteiger partial charge in [-0.2, -0.15) is 0 Å². The summed E-state index contributed by atoms with van der Waals surface area (Å²) in [5.74, 6) is -0.299. The van der Waals surface area contributed by atoms with E-state index in [-0.39, 0.29) is 23.5 Å². The fourth-order valence-electron chi connectivity index (χ4n) is 2.49. The molecule has 1 heterocycles. The van der Waals surface area contributed by atoms with E-state index in [0.29, 0.717) is 12.1 Å². The number of likely N-dealkylation sites (tertiary alicyclic amines) is 1. The largest absolute Gasteiger partial charge is 0.396 e. The molecule has 0 bridgehead atoms. The third-order valence-corrected chi connectivity index (χ3v) is 3.50. The summed E-state index contributed by atoms with van der Waals surface area (Å²) in [6.45, 7) is 3.83. The lowest BCUT2D eigenvalue weighted by atomic mass is 10.0. The Morgan fingerprint density at radius 1 is 1.47 bits per heavy atom. The van der Waals surface area contributed by atoms with Crippen molar-refractivity contribution in [3.8, 4) is 0 Å². The van der Waals surface area contributed by atoms with Crippen LogP contribution < -0.4 is 11.1 Å². The number of benzene rings is 1. The first-order chi connectivity index (χ1) is 9.06. The normalized spacial score (nSPS) is 17.4. The van der Waals surface area contributed by atoms with Crippen molar-refractivity contribution >= 4 is 11.6 Å². The van der Waals surface area contributed by atoms with Crippen LogP contribution >= 0.6 is 0 Å².